The molecule has 1 aliphatic rings. The van der Waals surface area contributed by atoms with Crippen molar-refractivity contribution in [3.8, 4) is 5.75 Å². The third-order valence-corrected chi connectivity index (χ3v) is 3.80. The van der Waals surface area contributed by atoms with Gasteiger partial charge in [0.2, 0.25) is 0 Å². The van der Waals surface area contributed by atoms with Crippen LogP contribution in [-0.2, 0) is 4.74 Å². The molecule has 0 radical (unpaired) electrons. The number of nitrogens with one attached hydrogen (secondary N) is 1. The molecular formula is C15H23NO2. The van der Waals surface area contributed by atoms with Gasteiger partial charge in [0, 0.05) is 19.2 Å². The second kappa shape index (κ2) is 6.21. The van der Waals surface area contributed by atoms with Crippen molar-refractivity contribution in [2.75, 3.05) is 14.2 Å². The Morgan fingerprint density at radius 1 is 1.28 bits per heavy atom. The Kier molecular flexibility index (Phi) is 4.61. The zero-order valence-electron chi connectivity index (χ0n) is 11.5. The molecular weight excluding hydrogens is 226 g/mol. The third-order valence-electron chi connectivity index (χ3n) is 3.80. The summed E-state index contributed by atoms with van der Waals surface area (Å²) in [6.45, 7) is 2.20. The zero-order valence-corrected chi connectivity index (χ0v) is 11.5. The van der Waals surface area contributed by atoms with E-state index in [0.29, 0.717) is 18.2 Å². The van der Waals surface area contributed by atoms with Crippen molar-refractivity contribution in [3.05, 3.63) is 29.8 Å². The summed E-state index contributed by atoms with van der Waals surface area (Å²) in [5.41, 5.74) is 1.27. The fourth-order valence-corrected chi connectivity index (χ4v) is 2.67. The molecule has 3 heteroatoms. The van der Waals surface area contributed by atoms with Crippen LogP contribution in [0.25, 0.3) is 0 Å². The third kappa shape index (κ3) is 3.24. The first kappa shape index (κ1) is 13.4. The van der Waals surface area contributed by atoms with Crippen molar-refractivity contribution < 1.29 is 9.47 Å². The van der Waals surface area contributed by atoms with E-state index < -0.39 is 0 Å². The zero-order chi connectivity index (χ0) is 13.0. The lowest BCUT2D eigenvalue weighted by molar-refractivity contribution is 0.106. The highest BCUT2D eigenvalue weighted by Crippen LogP contribution is 2.25. The van der Waals surface area contributed by atoms with Gasteiger partial charge in [0.1, 0.15) is 5.75 Å². The molecule has 0 amide bonds. The van der Waals surface area contributed by atoms with Crippen LogP contribution in [0, 0.1) is 0 Å². The molecule has 1 aliphatic carbocycles. The molecule has 1 aromatic rings. The minimum absolute atomic E-state index is 0.348. The topological polar surface area (TPSA) is 30.5 Å². The second-order valence-electron chi connectivity index (χ2n) is 5.03. The molecule has 3 atom stereocenters. The van der Waals surface area contributed by atoms with E-state index in [1.54, 1.807) is 14.2 Å². The van der Waals surface area contributed by atoms with E-state index in [1.807, 2.05) is 12.1 Å². The van der Waals surface area contributed by atoms with Gasteiger partial charge in [-0.3, -0.25) is 0 Å². The molecule has 18 heavy (non-hydrogen) atoms. The summed E-state index contributed by atoms with van der Waals surface area (Å²) in [5.74, 6) is 0.919. The van der Waals surface area contributed by atoms with Crippen LogP contribution in [0.5, 0.6) is 5.75 Å². The van der Waals surface area contributed by atoms with E-state index >= 15 is 0 Å². The number of hydrogen-bond donors (Lipinski definition) is 1. The highest BCUT2D eigenvalue weighted by Gasteiger charge is 2.25. The molecule has 2 rings (SSSR count). The van der Waals surface area contributed by atoms with Gasteiger partial charge in [0.25, 0.3) is 0 Å². The van der Waals surface area contributed by atoms with Gasteiger partial charge in [0.05, 0.1) is 13.2 Å². The fraction of sp³-hybridized carbons (Fsp3) is 0.600. The van der Waals surface area contributed by atoms with Crippen molar-refractivity contribution in [3.63, 3.8) is 0 Å². The molecule has 0 bridgehead atoms. The Balaban J connectivity index is 1.93. The Morgan fingerprint density at radius 3 is 2.78 bits per heavy atom. The lowest BCUT2D eigenvalue weighted by Gasteiger charge is -2.20. The molecule has 0 heterocycles. The quantitative estimate of drug-likeness (QED) is 0.870. The van der Waals surface area contributed by atoms with Gasteiger partial charge in [-0.05, 0) is 43.9 Å². The van der Waals surface area contributed by atoms with Crippen LogP contribution in [0.3, 0.4) is 0 Å². The van der Waals surface area contributed by atoms with Gasteiger partial charge in [-0.25, -0.2) is 0 Å². The predicted octanol–water partition coefficient (Wildman–Crippen LogP) is 2.91. The van der Waals surface area contributed by atoms with Gasteiger partial charge in [-0.15, -0.1) is 0 Å². The van der Waals surface area contributed by atoms with Crippen molar-refractivity contribution >= 4 is 0 Å². The van der Waals surface area contributed by atoms with E-state index in [2.05, 4.69) is 24.4 Å². The first-order chi connectivity index (χ1) is 8.72. The van der Waals surface area contributed by atoms with Gasteiger partial charge >= 0.3 is 0 Å². The summed E-state index contributed by atoms with van der Waals surface area (Å²) in [7, 11) is 3.51. The van der Waals surface area contributed by atoms with Crippen LogP contribution in [0.2, 0.25) is 0 Å². The fourth-order valence-electron chi connectivity index (χ4n) is 2.67. The normalized spacial score (nSPS) is 25.1. The summed E-state index contributed by atoms with van der Waals surface area (Å²) in [4.78, 5) is 0. The van der Waals surface area contributed by atoms with Crippen LogP contribution in [0.4, 0.5) is 0 Å². The highest BCUT2D eigenvalue weighted by atomic mass is 16.5. The molecule has 1 saturated carbocycles. The number of rotatable bonds is 5. The summed E-state index contributed by atoms with van der Waals surface area (Å²) < 4.78 is 10.7. The van der Waals surface area contributed by atoms with E-state index in [4.69, 9.17) is 9.47 Å². The summed E-state index contributed by atoms with van der Waals surface area (Å²) in [6, 6.07) is 9.17. The van der Waals surface area contributed by atoms with Crippen molar-refractivity contribution in [1.29, 1.82) is 0 Å². The molecule has 0 saturated heterocycles. The monoisotopic (exact) mass is 249 g/mol. The first-order valence-corrected chi connectivity index (χ1v) is 6.65. The molecule has 3 unspecified atom stereocenters. The minimum atomic E-state index is 0.348. The Morgan fingerprint density at radius 2 is 2.11 bits per heavy atom. The van der Waals surface area contributed by atoms with Crippen molar-refractivity contribution in [2.45, 2.75) is 44.4 Å². The molecule has 0 aliphatic heterocycles. The maximum atomic E-state index is 5.41. The van der Waals surface area contributed by atoms with Crippen LogP contribution < -0.4 is 10.1 Å². The lowest BCUT2D eigenvalue weighted by atomic mass is 10.1. The van der Waals surface area contributed by atoms with Crippen LogP contribution in [-0.4, -0.2) is 26.4 Å². The molecule has 1 aromatic carbocycles. The lowest BCUT2D eigenvalue weighted by Crippen LogP contribution is -2.29. The Bertz CT molecular complexity index is 381. The van der Waals surface area contributed by atoms with Crippen molar-refractivity contribution in [1.82, 2.24) is 5.32 Å². The van der Waals surface area contributed by atoms with Gasteiger partial charge in [-0.2, -0.15) is 0 Å². The Labute approximate surface area is 109 Å². The number of benzene rings is 1. The van der Waals surface area contributed by atoms with E-state index in [-0.39, 0.29) is 0 Å². The number of methoxy groups -OCH3 is 2. The van der Waals surface area contributed by atoms with Crippen LogP contribution in [0.1, 0.15) is 37.8 Å². The van der Waals surface area contributed by atoms with Gasteiger partial charge in [0.15, 0.2) is 0 Å². The van der Waals surface area contributed by atoms with Gasteiger partial charge in [-0.1, -0.05) is 12.1 Å². The maximum Gasteiger partial charge on any atom is 0.119 e. The highest BCUT2D eigenvalue weighted by molar-refractivity contribution is 5.30. The number of ether oxygens (including phenoxy) is 2. The van der Waals surface area contributed by atoms with Crippen LogP contribution in [0.15, 0.2) is 24.3 Å². The average molecular weight is 249 g/mol. The SMILES string of the molecule is COc1cccc(C(C)NC2CCC(OC)C2)c1. The van der Waals surface area contributed by atoms with Crippen LogP contribution >= 0.6 is 0 Å². The molecule has 1 N–H and O–H groups in total. The second-order valence-corrected chi connectivity index (χ2v) is 5.03. The molecule has 100 valence electrons. The number of hydrogen-bond acceptors (Lipinski definition) is 3. The first-order valence-electron chi connectivity index (χ1n) is 6.65. The largest absolute Gasteiger partial charge is 0.497 e. The molecule has 0 aromatic heterocycles. The summed E-state index contributed by atoms with van der Waals surface area (Å²) >= 11 is 0. The molecule has 1 fully saturated rings. The Hall–Kier alpha value is -1.06. The average Bonchev–Trinajstić information content (AvgIpc) is 2.86. The van der Waals surface area contributed by atoms with E-state index in [1.165, 1.54) is 18.4 Å². The van der Waals surface area contributed by atoms with Gasteiger partial charge < -0.3 is 14.8 Å². The van der Waals surface area contributed by atoms with E-state index in [0.717, 1.165) is 12.2 Å². The summed E-state index contributed by atoms with van der Waals surface area (Å²) in [6.07, 6.45) is 3.91. The maximum absolute atomic E-state index is 5.41. The summed E-state index contributed by atoms with van der Waals surface area (Å²) in [5, 5.41) is 3.68. The predicted molar refractivity (Wildman–Crippen MR) is 73.0 cm³/mol. The standard InChI is InChI=1S/C15H23NO2/c1-11(12-5-4-6-14(9-12)17-2)16-13-7-8-15(10-13)18-3/h4-6,9,11,13,15-16H,7-8,10H2,1-3H3. The van der Waals surface area contributed by atoms with E-state index in [9.17, 15) is 0 Å². The minimum Gasteiger partial charge on any atom is -0.497 e. The smallest absolute Gasteiger partial charge is 0.119 e. The van der Waals surface area contributed by atoms with Crippen molar-refractivity contribution in [2.24, 2.45) is 0 Å². The molecule has 3 nitrogen and oxygen atoms in total. The molecule has 0 spiro atoms.